The van der Waals surface area contributed by atoms with Gasteiger partial charge in [-0.05, 0) is 46.6 Å². The number of halogens is 1. The van der Waals surface area contributed by atoms with Crippen LogP contribution < -0.4 is 14.8 Å². The third-order valence-corrected chi connectivity index (χ3v) is 5.07. The highest BCUT2D eigenvalue weighted by Gasteiger charge is 2.11. The van der Waals surface area contributed by atoms with Gasteiger partial charge in [0.25, 0.3) is 0 Å². The van der Waals surface area contributed by atoms with E-state index in [4.69, 9.17) is 9.47 Å². The Bertz CT molecular complexity index is 721. The molecule has 2 aromatic rings. The number of anilines is 1. The van der Waals surface area contributed by atoms with Gasteiger partial charge in [-0.25, -0.2) is 0 Å². The Morgan fingerprint density at radius 3 is 2.54 bits per heavy atom. The lowest BCUT2D eigenvalue weighted by molar-refractivity contribution is -0.113. The van der Waals surface area contributed by atoms with E-state index >= 15 is 0 Å². The van der Waals surface area contributed by atoms with Crippen molar-refractivity contribution in [3.05, 3.63) is 52.0 Å². The number of aryl methyl sites for hydroxylation is 1. The summed E-state index contributed by atoms with van der Waals surface area (Å²) < 4.78 is 11.5. The topological polar surface area (TPSA) is 47.6 Å². The number of rotatable bonds is 7. The zero-order valence-corrected chi connectivity index (χ0v) is 16.3. The van der Waals surface area contributed by atoms with Crippen LogP contribution in [0, 0.1) is 6.92 Å². The van der Waals surface area contributed by atoms with Gasteiger partial charge in [0, 0.05) is 17.0 Å². The highest BCUT2D eigenvalue weighted by atomic mass is 79.9. The van der Waals surface area contributed by atoms with Crippen LogP contribution in [0.25, 0.3) is 0 Å². The third-order valence-electron chi connectivity index (χ3n) is 3.46. The molecule has 0 atom stereocenters. The van der Waals surface area contributed by atoms with E-state index in [1.165, 1.54) is 11.8 Å². The number of thioether (sulfide) groups is 1. The molecule has 0 fully saturated rings. The molecule has 0 unspecified atom stereocenters. The van der Waals surface area contributed by atoms with Crippen molar-refractivity contribution in [1.29, 1.82) is 0 Å². The Hall–Kier alpha value is -1.66. The summed E-state index contributed by atoms with van der Waals surface area (Å²) in [4.78, 5) is 12.1. The molecule has 1 amide bonds. The molecular weight excluding hydrogens is 390 g/mol. The van der Waals surface area contributed by atoms with Crippen molar-refractivity contribution in [2.75, 3.05) is 25.3 Å². The molecule has 0 saturated carbocycles. The van der Waals surface area contributed by atoms with Crippen LogP contribution in [0.15, 0.2) is 40.9 Å². The Balaban J connectivity index is 1.94. The van der Waals surface area contributed by atoms with Crippen LogP contribution in [0.5, 0.6) is 11.5 Å². The number of carbonyl (C=O) groups is 1. The van der Waals surface area contributed by atoms with Crippen molar-refractivity contribution >= 4 is 39.3 Å². The van der Waals surface area contributed by atoms with E-state index in [0.717, 1.165) is 32.8 Å². The maximum atomic E-state index is 12.1. The molecule has 6 heteroatoms. The Kier molecular flexibility index (Phi) is 6.99. The molecular formula is C18H20BrNO3S. The second-order valence-electron chi connectivity index (χ2n) is 5.15. The van der Waals surface area contributed by atoms with Gasteiger partial charge >= 0.3 is 0 Å². The first kappa shape index (κ1) is 18.7. The molecule has 0 aromatic heterocycles. The minimum absolute atomic E-state index is 0.0163. The van der Waals surface area contributed by atoms with E-state index in [1.54, 1.807) is 14.2 Å². The molecule has 2 aromatic carbocycles. The molecule has 0 bridgehead atoms. The maximum absolute atomic E-state index is 12.1. The van der Waals surface area contributed by atoms with Crippen molar-refractivity contribution in [3.8, 4) is 11.5 Å². The smallest absolute Gasteiger partial charge is 0.234 e. The number of hydrogen-bond donors (Lipinski definition) is 1. The summed E-state index contributed by atoms with van der Waals surface area (Å²) in [5.41, 5.74) is 2.90. The van der Waals surface area contributed by atoms with Crippen molar-refractivity contribution in [1.82, 2.24) is 0 Å². The first-order valence-electron chi connectivity index (χ1n) is 7.38. The van der Waals surface area contributed by atoms with Crippen molar-refractivity contribution in [2.24, 2.45) is 0 Å². The molecule has 0 spiro atoms. The van der Waals surface area contributed by atoms with E-state index in [0.29, 0.717) is 11.5 Å². The molecule has 0 radical (unpaired) electrons. The van der Waals surface area contributed by atoms with Crippen LogP contribution in [0.4, 0.5) is 5.69 Å². The van der Waals surface area contributed by atoms with Crippen LogP contribution in [0.1, 0.15) is 11.1 Å². The monoisotopic (exact) mass is 409 g/mol. The second kappa shape index (κ2) is 8.99. The summed E-state index contributed by atoms with van der Waals surface area (Å²) in [6.45, 7) is 1.97. The van der Waals surface area contributed by atoms with E-state index in [2.05, 4.69) is 21.2 Å². The fourth-order valence-corrected chi connectivity index (χ4v) is 3.48. The summed E-state index contributed by atoms with van der Waals surface area (Å²) in [6.07, 6.45) is 0. The van der Waals surface area contributed by atoms with Crippen LogP contribution in [-0.4, -0.2) is 25.9 Å². The van der Waals surface area contributed by atoms with Gasteiger partial charge in [0.1, 0.15) is 11.5 Å². The number of carbonyl (C=O) groups excluding carboxylic acids is 1. The Morgan fingerprint density at radius 2 is 1.88 bits per heavy atom. The van der Waals surface area contributed by atoms with Crippen molar-refractivity contribution < 1.29 is 14.3 Å². The first-order valence-corrected chi connectivity index (χ1v) is 9.33. The van der Waals surface area contributed by atoms with E-state index in [1.807, 2.05) is 43.3 Å². The number of methoxy groups -OCH3 is 2. The van der Waals surface area contributed by atoms with Gasteiger partial charge in [-0.2, -0.15) is 0 Å². The van der Waals surface area contributed by atoms with Gasteiger partial charge < -0.3 is 14.8 Å². The molecule has 0 aliphatic carbocycles. The molecule has 1 N–H and O–H groups in total. The third kappa shape index (κ3) is 4.92. The number of para-hydroxylation sites is 1. The molecule has 0 aliphatic rings. The lowest BCUT2D eigenvalue weighted by atomic mass is 10.2. The summed E-state index contributed by atoms with van der Waals surface area (Å²) in [5, 5.41) is 2.93. The summed E-state index contributed by atoms with van der Waals surface area (Å²) >= 11 is 4.97. The number of ether oxygens (including phenoxy) is 2. The minimum atomic E-state index is -0.0163. The Labute approximate surface area is 155 Å². The van der Waals surface area contributed by atoms with Gasteiger partial charge in [0.2, 0.25) is 5.91 Å². The maximum Gasteiger partial charge on any atom is 0.234 e. The average molecular weight is 410 g/mol. The van der Waals surface area contributed by atoms with Gasteiger partial charge in [0.15, 0.2) is 0 Å². The van der Waals surface area contributed by atoms with Gasteiger partial charge in [-0.3, -0.25) is 4.79 Å². The van der Waals surface area contributed by atoms with Gasteiger partial charge in [-0.1, -0.05) is 18.2 Å². The summed E-state index contributed by atoms with van der Waals surface area (Å²) in [6, 6.07) is 11.5. The van der Waals surface area contributed by atoms with Crippen LogP contribution in [-0.2, 0) is 10.5 Å². The molecule has 2 rings (SSSR count). The van der Waals surface area contributed by atoms with Crippen molar-refractivity contribution in [3.63, 3.8) is 0 Å². The fourth-order valence-electron chi connectivity index (χ4n) is 2.19. The lowest BCUT2D eigenvalue weighted by Gasteiger charge is -2.12. The predicted molar refractivity (Wildman–Crippen MR) is 103 cm³/mol. The van der Waals surface area contributed by atoms with Crippen LogP contribution >= 0.6 is 27.7 Å². The first-order chi connectivity index (χ1) is 11.5. The van der Waals surface area contributed by atoms with Gasteiger partial charge in [0.05, 0.1) is 24.4 Å². The summed E-state index contributed by atoms with van der Waals surface area (Å²) in [7, 11) is 3.26. The number of nitrogens with one attached hydrogen (secondary N) is 1. The molecule has 128 valence electrons. The minimum Gasteiger partial charge on any atom is -0.496 e. The number of hydrogen-bond acceptors (Lipinski definition) is 4. The molecule has 0 heterocycles. The SMILES string of the molecule is COc1cc(CSCC(=O)Nc2ccccc2C)c(OC)cc1Br. The van der Waals surface area contributed by atoms with Crippen molar-refractivity contribution in [2.45, 2.75) is 12.7 Å². The zero-order valence-electron chi connectivity index (χ0n) is 13.9. The predicted octanol–water partition coefficient (Wildman–Crippen LogP) is 4.65. The van der Waals surface area contributed by atoms with Crippen LogP contribution in [0.3, 0.4) is 0 Å². The standard InChI is InChI=1S/C18H20BrNO3S/c1-12-6-4-5-7-15(12)20-18(21)11-24-10-13-8-17(23-3)14(19)9-16(13)22-2/h4-9H,10-11H2,1-3H3,(H,20,21). The zero-order chi connectivity index (χ0) is 17.5. The largest absolute Gasteiger partial charge is 0.496 e. The van der Waals surface area contributed by atoms with E-state index in [-0.39, 0.29) is 5.91 Å². The Morgan fingerprint density at radius 1 is 1.17 bits per heavy atom. The summed E-state index contributed by atoms with van der Waals surface area (Å²) in [5.74, 6) is 2.53. The second-order valence-corrected chi connectivity index (χ2v) is 6.99. The molecule has 4 nitrogen and oxygen atoms in total. The quantitative estimate of drug-likeness (QED) is 0.722. The van der Waals surface area contributed by atoms with Gasteiger partial charge in [-0.15, -0.1) is 11.8 Å². The highest BCUT2D eigenvalue weighted by molar-refractivity contribution is 9.10. The average Bonchev–Trinajstić information content (AvgIpc) is 2.57. The number of benzene rings is 2. The molecule has 0 aliphatic heterocycles. The molecule has 24 heavy (non-hydrogen) atoms. The number of amides is 1. The normalized spacial score (nSPS) is 10.3. The highest BCUT2D eigenvalue weighted by Crippen LogP contribution is 2.34. The van der Waals surface area contributed by atoms with Crippen LogP contribution in [0.2, 0.25) is 0 Å². The van der Waals surface area contributed by atoms with E-state index < -0.39 is 0 Å². The fraction of sp³-hybridized carbons (Fsp3) is 0.278. The lowest BCUT2D eigenvalue weighted by Crippen LogP contribution is -2.14. The van der Waals surface area contributed by atoms with E-state index in [9.17, 15) is 4.79 Å². The molecule has 0 saturated heterocycles.